The largest absolute Gasteiger partial charge is 0.482 e. The van der Waals surface area contributed by atoms with Crippen LogP contribution in [0.5, 0.6) is 5.75 Å². The minimum absolute atomic E-state index is 0.0949. The van der Waals surface area contributed by atoms with Crippen LogP contribution >= 0.6 is 11.6 Å². The fourth-order valence-electron chi connectivity index (χ4n) is 2.73. The first-order valence-corrected chi connectivity index (χ1v) is 7.94. The van der Waals surface area contributed by atoms with Crippen LogP contribution < -0.4 is 26.2 Å². The zero-order valence-electron chi connectivity index (χ0n) is 13.1. The molecule has 0 saturated carbocycles. The number of carbonyl (C=O) groups excluding carboxylic acids is 1. The molecule has 2 N–H and O–H groups in total. The van der Waals surface area contributed by atoms with Crippen LogP contribution in [0.25, 0.3) is 11.1 Å². The molecule has 8 heteroatoms. The minimum Gasteiger partial charge on any atom is -0.482 e. The molecule has 0 aromatic heterocycles. The van der Waals surface area contributed by atoms with Crippen molar-refractivity contribution in [2.45, 2.75) is 0 Å². The Hall–Kier alpha value is -3.19. The second-order valence-electron chi connectivity index (χ2n) is 5.71. The van der Waals surface area contributed by atoms with Gasteiger partial charge in [0.2, 0.25) is 5.43 Å². The molecule has 0 aliphatic carbocycles. The maximum Gasteiger partial charge on any atom is 0.262 e. The van der Waals surface area contributed by atoms with Gasteiger partial charge in [-0.3, -0.25) is 14.4 Å². The molecule has 1 aliphatic heterocycles. The van der Waals surface area contributed by atoms with Crippen LogP contribution in [0.4, 0.5) is 21.5 Å². The molecule has 0 fully saturated rings. The van der Waals surface area contributed by atoms with E-state index in [4.69, 9.17) is 16.3 Å². The van der Waals surface area contributed by atoms with Crippen molar-refractivity contribution >= 4 is 34.6 Å². The predicted octanol–water partition coefficient (Wildman–Crippen LogP) is 2.82. The second kappa shape index (κ2) is 5.96. The molecular formula is C18H10ClFN2O4. The maximum absolute atomic E-state index is 13.3. The Morgan fingerprint density at radius 3 is 2.65 bits per heavy atom. The Morgan fingerprint density at radius 1 is 1.08 bits per heavy atom. The van der Waals surface area contributed by atoms with Crippen molar-refractivity contribution in [2.75, 3.05) is 17.2 Å². The predicted molar refractivity (Wildman–Crippen MR) is 95.6 cm³/mol. The summed E-state index contributed by atoms with van der Waals surface area (Å²) in [6.45, 7) is -0.123. The molecule has 0 atom stereocenters. The smallest absolute Gasteiger partial charge is 0.262 e. The molecule has 0 saturated heterocycles. The zero-order valence-corrected chi connectivity index (χ0v) is 13.8. The number of amides is 1. The number of halogens is 2. The van der Waals surface area contributed by atoms with Gasteiger partial charge in [0.1, 0.15) is 17.3 Å². The third-order valence-corrected chi connectivity index (χ3v) is 4.29. The summed E-state index contributed by atoms with van der Waals surface area (Å²) in [6.07, 6.45) is 0. The van der Waals surface area contributed by atoms with Crippen LogP contribution in [0, 0.1) is 5.82 Å². The highest BCUT2D eigenvalue weighted by Gasteiger charge is 2.25. The summed E-state index contributed by atoms with van der Waals surface area (Å²) in [5, 5.41) is 5.35. The number of nitrogens with one attached hydrogen (secondary N) is 2. The lowest BCUT2D eigenvalue weighted by molar-refractivity contribution is -0.118. The summed E-state index contributed by atoms with van der Waals surface area (Å²) in [7, 11) is 0. The van der Waals surface area contributed by atoms with E-state index in [1.54, 1.807) is 18.2 Å². The van der Waals surface area contributed by atoms with Gasteiger partial charge >= 0.3 is 0 Å². The number of hydrogen-bond acceptors (Lipinski definition) is 5. The molecule has 0 unspecified atom stereocenters. The number of rotatable bonds is 3. The summed E-state index contributed by atoms with van der Waals surface area (Å²) in [5.74, 6) is -0.447. The number of hydrogen-bond donors (Lipinski definition) is 2. The zero-order chi connectivity index (χ0) is 18.4. The van der Waals surface area contributed by atoms with Gasteiger partial charge in [-0.05, 0) is 35.9 Å². The van der Waals surface area contributed by atoms with E-state index in [2.05, 4.69) is 10.6 Å². The Bertz CT molecular complexity index is 1140. The van der Waals surface area contributed by atoms with Gasteiger partial charge in [0, 0.05) is 5.69 Å². The van der Waals surface area contributed by atoms with E-state index in [9.17, 15) is 18.8 Å². The average Bonchev–Trinajstić information content (AvgIpc) is 2.63. The molecule has 1 aliphatic rings. The van der Waals surface area contributed by atoms with Crippen molar-refractivity contribution < 1.29 is 13.9 Å². The third-order valence-electron chi connectivity index (χ3n) is 4.00. The molecule has 6 nitrogen and oxygen atoms in total. The van der Waals surface area contributed by atoms with E-state index in [1.807, 2.05) is 0 Å². The number of benzene rings is 2. The number of carbonyl (C=O) groups is 1. The first kappa shape index (κ1) is 16.3. The highest BCUT2D eigenvalue weighted by molar-refractivity contribution is 6.31. The van der Waals surface area contributed by atoms with Crippen LogP contribution in [0.1, 0.15) is 0 Å². The lowest BCUT2D eigenvalue weighted by Crippen LogP contribution is -2.35. The normalized spacial score (nSPS) is 13.1. The first-order valence-electron chi connectivity index (χ1n) is 7.56. The van der Waals surface area contributed by atoms with Gasteiger partial charge in [-0.25, -0.2) is 4.39 Å². The minimum atomic E-state index is -0.674. The summed E-state index contributed by atoms with van der Waals surface area (Å²) in [5.41, 5.74) is 0.319. The first-order chi connectivity index (χ1) is 12.4. The molecule has 1 amide bonds. The molecule has 0 spiro atoms. The molecule has 130 valence electrons. The van der Waals surface area contributed by atoms with Gasteiger partial charge in [0.15, 0.2) is 6.61 Å². The summed E-state index contributed by atoms with van der Waals surface area (Å²) < 4.78 is 18.6. The number of fused-ring (bicyclic) bond motifs is 1. The van der Waals surface area contributed by atoms with Gasteiger partial charge in [-0.15, -0.1) is 0 Å². The van der Waals surface area contributed by atoms with Crippen molar-refractivity contribution in [1.82, 2.24) is 0 Å². The maximum atomic E-state index is 13.3. The number of anilines is 3. The highest BCUT2D eigenvalue weighted by atomic mass is 35.5. The Labute approximate surface area is 150 Å². The van der Waals surface area contributed by atoms with E-state index < -0.39 is 16.7 Å². The fourth-order valence-corrected chi connectivity index (χ4v) is 2.92. The van der Waals surface area contributed by atoms with Crippen molar-refractivity contribution in [2.24, 2.45) is 0 Å². The SMILES string of the molecule is O=C1COc2cc(-c3c(Nc4ccc(F)c(Cl)c4)c(=O)c3=O)ccc2N1. The molecule has 0 bridgehead atoms. The van der Waals surface area contributed by atoms with E-state index in [0.29, 0.717) is 22.7 Å². The highest BCUT2D eigenvalue weighted by Crippen LogP contribution is 2.35. The Morgan fingerprint density at radius 2 is 1.88 bits per heavy atom. The van der Waals surface area contributed by atoms with Crippen molar-refractivity contribution in [1.29, 1.82) is 0 Å². The summed E-state index contributed by atoms with van der Waals surface area (Å²) >= 11 is 5.73. The van der Waals surface area contributed by atoms with Gasteiger partial charge in [0.05, 0.1) is 16.3 Å². The van der Waals surface area contributed by atoms with Crippen LogP contribution in [0.3, 0.4) is 0 Å². The number of ether oxygens (including phenoxy) is 1. The van der Waals surface area contributed by atoms with Crippen LogP contribution in [0.15, 0.2) is 46.0 Å². The second-order valence-corrected chi connectivity index (χ2v) is 6.12. The van der Waals surface area contributed by atoms with E-state index in [0.717, 1.165) is 6.07 Å². The molecule has 3 aromatic rings. The van der Waals surface area contributed by atoms with Gasteiger partial charge in [0.25, 0.3) is 11.3 Å². The Kier molecular flexibility index (Phi) is 3.73. The average molecular weight is 373 g/mol. The molecule has 4 rings (SSSR count). The molecular weight excluding hydrogens is 363 g/mol. The Balaban J connectivity index is 1.71. The van der Waals surface area contributed by atoms with Gasteiger partial charge in [-0.1, -0.05) is 17.7 Å². The fraction of sp³-hybridized carbons (Fsp3) is 0.0556. The van der Waals surface area contributed by atoms with E-state index >= 15 is 0 Å². The monoisotopic (exact) mass is 372 g/mol. The standard InChI is InChI=1S/C18H10ClFN2O4/c19-10-6-9(2-3-11(10)20)21-16-15(17(24)18(16)25)8-1-4-12-13(5-8)26-7-14(23)22-12/h1-6,21H,7H2,(H,22,23). The third kappa shape index (κ3) is 2.62. The van der Waals surface area contributed by atoms with Gasteiger partial charge < -0.3 is 15.4 Å². The lowest BCUT2D eigenvalue weighted by Gasteiger charge is -2.19. The van der Waals surface area contributed by atoms with E-state index in [1.165, 1.54) is 12.1 Å². The van der Waals surface area contributed by atoms with Crippen molar-refractivity contribution in [3.05, 3.63) is 67.7 Å². The van der Waals surface area contributed by atoms with Crippen LogP contribution in [-0.2, 0) is 4.79 Å². The molecule has 26 heavy (non-hydrogen) atoms. The lowest BCUT2D eigenvalue weighted by atomic mass is 9.97. The van der Waals surface area contributed by atoms with Crippen LogP contribution in [0.2, 0.25) is 5.02 Å². The van der Waals surface area contributed by atoms with Gasteiger partial charge in [-0.2, -0.15) is 0 Å². The van der Waals surface area contributed by atoms with Crippen molar-refractivity contribution in [3.63, 3.8) is 0 Å². The quantitative estimate of drug-likeness (QED) is 0.691. The summed E-state index contributed by atoms with van der Waals surface area (Å²) in [4.78, 5) is 35.3. The molecule has 0 radical (unpaired) electrons. The summed E-state index contributed by atoms with van der Waals surface area (Å²) in [6, 6.07) is 8.67. The van der Waals surface area contributed by atoms with E-state index in [-0.39, 0.29) is 28.8 Å². The van der Waals surface area contributed by atoms with Crippen LogP contribution in [-0.4, -0.2) is 12.5 Å². The molecule has 1 heterocycles. The molecule has 3 aromatic carbocycles. The van der Waals surface area contributed by atoms with Crippen molar-refractivity contribution in [3.8, 4) is 16.9 Å². The topological polar surface area (TPSA) is 84.5 Å².